The van der Waals surface area contributed by atoms with Crippen LogP contribution in [0.3, 0.4) is 0 Å². The summed E-state index contributed by atoms with van der Waals surface area (Å²) in [7, 11) is 1.59. The number of methoxy groups -OCH3 is 1. The first-order valence-electron chi connectivity index (χ1n) is 11.9. The second kappa shape index (κ2) is 11.4. The van der Waals surface area contributed by atoms with Crippen LogP contribution >= 0.6 is 0 Å². The van der Waals surface area contributed by atoms with Gasteiger partial charge in [-0.3, -0.25) is 14.5 Å². The molecular formula is C24H33FN6O3. The average molecular weight is 473 g/mol. The Morgan fingerprint density at radius 3 is 2.68 bits per heavy atom. The van der Waals surface area contributed by atoms with Crippen molar-refractivity contribution in [2.75, 3.05) is 75.9 Å². The Labute approximate surface area is 199 Å². The minimum Gasteiger partial charge on any atom is -0.383 e. The smallest absolute Gasteiger partial charge is 0.268 e. The van der Waals surface area contributed by atoms with Crippen LogP contribution in [0.25, 0.3) is 0 Å². The van der Waals surface area contributed by atoms with Crippen molar-refractivity contribution >= 4 is 17.3 Å². The first kappa shape index (κ1) is 24.2. The minimum absolute atomic E-state index is 0.0499. The molecule has 1 amide bonds. The summed E-state index contributed by atoms with van der Waals surface area (Å²) in [5, 5.41) is 7.28. The van der Waals surface area contributed by atoms with Gasteiger partial charge in [-0.1, -0.05) is 12.1 Å². The monoisotopic (exact) mass is 472 g/mol. The number of carbonyl (C=O) groups is 1. The van der Waals surface area contributed by atoms with Gasteiger partial charge < -0.3 is 19.9 Å². The number of carbonyl (C=O) groups excluding carboxylic acids is 1. The predicted octanol–water partition coefficient (Wildman–Crippen LogP) is 0.794. The fraction of sp³-hybridized carbons (Fsp3) is 0.542. The van der Waals surface area contributed by atoms with Crippen LogP contribution in [0.2, 0.25) is 0 Å². The zero-order valence-corrected chi connectivity index (χ0v) is 19.7. The van der Waals surface area contributed by atoms with E-state index in [-0.39, 0.29) is 23.2 Å². The maximum atomic E-state index is 14.0. The highest BCUT2D eigenvalue weighted by Crippen LogP contribution is 2.22. The number of ether oxygens (including phenoxy) is 1. The molecule has 4 rings (SSSR count). The number of para-hydroxylation sites is 1. The third kappa shape index (κ3) is 5.92. The average Bonchev–Trinajstić information content (AvgIpc) is 3.35. The molecule has 0 saturated carbocycles. The molecule has 0 bridgehead atoms. The summed E-state index contributed by atoms with van der Waals surface area (Å²) in [6.45, 7) is 6.72. The van der Waals surface area contributed by atoms with Gasteiger partial charge >= 0.3 is 0 Å². The van der Waals surface area contributed by atoms with Crippen LogP contribution in [0.4, 0.5) is 15.8 Å². The van der Waals surface area contributed by atoms with Crippen molar-refractivity contribution in [1.29, 1.82) is 0 Å². The van der Waals surface area contributed by atoms with Crippen LogP contribution in [-0.2, 0) is 16.1 Å². The Kier molecular flexibility index (Phi) is 8.12. The molecule has 0 spiro atoms. The molecule has 2 saturated heterocycles. The molecule has 34 heavy (non-hydrogen) atoms. The third-order valence-electron chi connectivity index (χ3n) is 6.58. The number of hydrogen-bond donors (Lipinski definition) is 1. The molecular weight excluding hydrogens is 439 g/mol. The molecule has 2 fully saturated rings. The lowest BCUT2D eigenvalue weighted by Crippen LogP contribution is -2.49. The molecule has 184 valence electrons. The first-order chi connectivity index (χ1) is 16.5. The van der Waals surface area contributed by atoms with E-state index >= 15 is 0 Å². The summed E-state index contributed by atoms with van der Waals surface area (Å²) in [6.07, 6.45) is 2.43. The summed E-state index contributed by atoms with van der Waals surface area (Å²) in [5.74, 6) is -0.236. The van der Waals surface area contributed by atoms with Gasteiger partial charge in [-0.15, -0.1) is 0 Å². The van der Waals surface area contributed by atoms with Gasteiger partial charge in [0.2, 0.25) is 5.91 Å². The number of amides is 1. The topological polar surface area (TPSA) is 82.9 Å². The van der Waals surface area contributed by atoms with Crippen LogP contribution < -0.4 is 20.7 Å². The predicted molar refractivity (Wildman–Crippen MR) is 129 cm³/mol. The van der Waals surface area contributed by atoms with Crippen LogP contribution in [0, 0.1) is 11.7 Å². The second-order valence-corrected chi connectivity index (χ2v) is 8.77. The van der Waals surface area contributed by atoms with Gasteiger partial charge in [-0.25, -0.2) is 9.07 Å². The molecule has 2 aromatic rings. The number of nitrogens with zero attached hydrogens (tertiary/aromatic N) is 5. The maximum Gasteiger partial charge on any atom is 0.268 e. The molecule has 2 aliphatic rings. The SMILES string of the molecule is COCCn1ncc(N2CCC(C(=O)NCCN3CCN(c4ccccc4F)CC3)C2)cc1=O. The van der Waals surface area contributed by atoms with E-state index in [2.05, 4.69) is 20.2 Å². The number of hydrogen-bond acceptors (Lipinski definition) is 7. The zero-order chi connectivity index (χ0) is 23.9. The van der Waals surface area contributed by atoms with Crippen LogP contribution in [0.15, 0.2) is 41.3 Å². The Hall–Kier alpha value is -2.98. The van der Waals surface area contributed by atoms with Gasteiger partial charge in [0, 0.05) is 65.5 Å². The maximum absolute atomic E-state index is 14.0. The molecule has 1 unspecified atom stereocenters. The van der Waals surface area contributed by atoms with E-state index in [4.69, 9.17) is 4.74 Å². The highest BCUT2D eigenvalue weighted by molar-refractivity contribution is 5.80. The fourth-order valence-corrected chi connectivity index (χ4v) is 4.55. The number of nitrogens with one attached hydrogen (secondary N) is 1. The Morgan fingerprint density at radius 1 is 1.15 bits per heavy atom. The zero-order valence-electron chi connectivity index (χ0n) is 19.7. The standard InChI is InChI=1S/C24H33FN6O3/c1-34-15-14-31-23(32)16-20(17-27-31)30-8-6-19(18-30)24(33)26-7-9-28-10-12-29(13-11-28)22-5-3-2-4-21(22)25/h2-5,16-17,19H,6-15,18H2,1H3,(H,26,33). The normalized spacial score (nSPS) is 18.9. The molecule has 9 nitrogen and oxygen atoms in total. The molecule has 1 atom stereocenters. The van der Waals surface area contributed by atoms with Crippen molar-refractivity contribution < 1.29 is 13.9 Å². The number of aromatic nitrogens is 2. The van der Waals surface area contributed by atoms with E-state index in [0.29, 0.717) is 31.9 Å². The van der Waals surface area contributed by atoms with Gasteiger partial charge in [0.15, 0.2) is 0 Å². The number of rotatable bonds is 9. The van der Waals surface area contributed by atoms with Crippen molar-refractivity contribution in [3.05, 3.63) is 52.7 Å². The lowest BCUT2D eigenvalue weighted by atomic mass is 10.1. The number of halogens is 1. The third-order valence-corrected chi connectivity index (χ3v) is 6.58. The molecule has 10 heteroatoms. The quantitative estimate of drug-likeness (QED) is 0.578. The Balaban J connectivity index is 1.18. The molecule has 3 heterocycles. The van der Waals surface area contributed by atoms with Crippen molar-refractivity contribution in [3.8, 4) is 0 Å². The van der Waals surface area contributed by atoms with E-state index in [1.165, 1.54) is 10.7 Å². The van der Waals surface area contributed by atoms with Crippen molar-refractivity contribution in [2.45, 2.75) is 13.0 Å². The molecule has 2 aliphatic heterocycles. The van der Waals surface area contributed by atoms with Gasteiger partial charge in [0.25, 0.3) is 5.56 Å². The second-order valence-electron chi connectivity index (χ2n) is 8.77. The minimum atomic E-state index is -0.183. The van der Waals surface area contributed by atoms with Gasteiger partial charge in [0.1, 0.15) is 5.82 Å². The van der Waals surface area contributed by atoms with Crippen molar-refractivity contribution in [1.82, 2.24) is 20.0 Å². The van der Waals surface area contributed by atoms with E-state index in [9.17, 15) is 14.0 Å². The van der Waals surface area contributed by atoms with E-state index in [1.807, 2.05) is 17.0 Å². The number of benzene rings is 1. The van der Waals surface area contributed by atoms with Gasteiger partial charge in [-0.05, 0) is 18.6 Å². The van der Waals surface area contributed by atoms with E-state index < -0.39 is 0 Å². The summed E-state index contributed by atoms with van der Waals surface area (Å²) in [5.41, 5.74) is 1.24. The summed E-state index contributed by atoms with van der Waals surface area (Å²) < 4.78 is 20.4. The highest BCUT2D eigenvalue weighted by atomic mass is 19.1. The first-order valence-corrected chi connectivity index (χ1v) is 11.9. The van der Waals surface area contributed by atoms with Crippen LogP contribution in [0.1, 0.15) is 6.42 Å². The number of piperazine rings is 1. The van der Waals surface area contributed by atoms with Crippen LogP contribution in [-0.4, -0.2) is 86.7 Å². The molecule has 0 radical (unpaired) electrons. The van der Waals surface area contributed by atoms with Gasteiger partial charge in [-0.2, -0.15) is 5.10 Å². The Morgan fingerprint density at radius 2 is 1.94 bits per heavy atom. The van der Waals surface area contributed by atoms with E-state index in [1.54, 1.807) is 25.4 Å². The summed E-state index contributed by atoms with van der Waals surface area (Å²) in [6, 6.07) is 8.45. The van der Waals surface area contributed by atoms with Crippen LogP contribution in [0.5, 0.6) is 0 Å². The summed E-state index contributed by atoms with van der Waals surface area (Å²) >= 11 is 0. The van der Waals surface area contributed by atoms with E-state index in [0.717, 1.165) is 51.4 Å². The molecule has 1 aromatic heterocycles. The van der Waals surface area contributed by atoms with Crippen molar-refractivity contribution in [3.63, 3.8) is 0 Å². The lowest BCUT2D eigenvalue weighted by molar-refractivity contribution is -0.124. The largest absolute Gasteiger partial charge is 0.383 e. The van der Waals surface area contributed by atoms with Gasteiger partial charge in [0.05, 0.1) is 36.6 Å². The molecule has 1 N–H and O–H groups in total. The lowest BCUT2D eigenvalue weighted by Gasteiger charge is -2.36. The highest BCUT2D eigenvalue weighted by Gasteiger charge is 2.29. The summed E-state index contributed by atoms with van der Waals surface area (Å²) in [4.78, 5) is 31.3. The molecule has 0 aliphatic carbocycles. The fourth-order valence-electron chi connectivity index (χ4n) is 4.55. The molecule has 1 aromatic carbocycles. The number of anilines is 2. The van der Waals surface area contributed by atoms with Crippen molar-refractivity contribution in [2.24, 2.45) is 5.92 Å². The Bertz CT molecular complexity index is 1020.